The lowest BCUT2D eigenvalue weighted by molar-refractivity contribution is -0.134. The molecule has 0 aromatic rings. The van der Waals surface area contributed by atoms with Gasteiger partial charge in [0.25, 0.3) is 0 Å². The lowest BCUT2D eigenvalue weighted by Crippen LogP contribution is -2.54. The number of nitrogens with two attached hydrogens (primary N) is 1. The zero-order chi connectivity index (χ0) is 18.5. The third kappa shape index (κ3) is 2.59. The van der Waals surface area contributed by atoms with Crippen LogP contribution in [0.3, 0.4) is 0 Å². The maximum atomic E-state index is 12.6. The first-order chi connectivity index (χ1) is 12.4. The van der Waals surface area contributed by atoms with Gasteiger partial charge in [-0.3, -0.25) is 4.79 Å². The minimum atomic E-state index is -0.0536. The predicted molar refractivity (Wildman–Crippen MR) is 104 cm³/mol. The summed E-state index contributed by atoms with van der Waals surface area (Å²) in [6, 6.07) is 0. The van der Waals surface area contributed by atoms with Gasteiger partial charge in [-0.25, -0.2) is 0 Å². The van der Waals surface area contributed by atoms with Crippen molar-refractivity contribution in [3.05, 3.63) is 12.2 Å². The zero-order valence-corrected chi connectivity index (χ0v) is 16.4. The molecule has 4 heteroatoms. The molecular weight excluding hydrogens is 324 g/mol. The largest absolute Gasteiger partial charge is 0.395 e. The number of carbonyl (C=O) groups is 1. The lowest BCUT2D eigenvalue weighted by atomic mass is 9.44. The quantitative estimate of drug-likeness (QED) is 0.469. The number of hydrogen-bond acceptors (Lipinski definition) is 4. The molecule has 26 heavy (non-hydrogen) atoms. The summed E-state index contributed by atoms with van der Waals surface area (Å²) < 4.78 is 0. The zero-order valence-electron chi connectivity index (χ0n) is 16.4. The SMILES string of the molecule is C=C1CC2C(CC[C@]3(C)C(=O)CCC23)[C@@]2(C)CC/C(=N/OCCN)CC12. The fourth-order valence-corrected chi connectivity index (χ4v) is 7.09. The van der Waals surface area contributed by atoms with Crippen LogP contribution in [0.2, 0.25) is 0 Å². The van der Waals surface area contributed by atoms with Crippen LogP contribution < -0.4 is 5.73 Å². The monoisotopic (exact) mass is 358 g/mol. The Hall–Kier alpha value is -1.16. The minimum Gasteiger partial charge on any atom is -0.395 e. The number of oxime groups is 1. The highest BCUT2D eigenvalue weighted by Crippen LogP contribution is 2.66. The molecule has 6 atom stereocenters. The summed E-state index contributed by atoms with van der Waals surface area (Å²) in [5.41, 5.74) is 8.32. The van der Waals surface area contributed by atoms with E-state index in [0.717, 1.165) is 44.4 Å². The first-order valence-corrected chi connectivity index (χ1v) is 10.5. The fourth-order valence-electron chi connectivity index (χ4n) is 7.09. The van der Waals surface area contributed by atoms with Crippen molar-refractivity contribution >= 4 is 11.5 Å². The first-order valence-electron chi connectivity index (χ1n) is 10.5. The molecule has 2 N–H and O–H groups in total. The van der Waals surface area contributed by atoms with Crippen LogP contribution in [-0.4, -0.2) is 24.6 Å². The van der Waals surface area contributed by atoms with Gasteiger partial charge in [-0.1, -0.05) is 31.2 Å². The van der Waals surface area contributed by atoms with E-state index in [4.69, 9.17) is 10.6 Å². The van der Waals surface area contributed by atoms with Gasteiger partial charge in [0, 0.05) is 18.4 Å². The standard InChI is InChI=1S/C22H34N2O2/c1-14-12-16-17-4-5-20(25)22(17,3)9-7-18(16)21(2)8-6-15(13-19(14)21)24-26-11-10-23/h16-19H,1,4-13,23H2,2-3H3/b24-15-/t16?,17?,18?,19?,21-,22+/m1/s1. The smallest absolute Gasteiger partial charge is 0.139 e. The van der Waals surface area contributed by atoms with Gasteiger partial charge in [0.05, 0.1) is 5.71 Å². The third-order valence-electron chi connectivity index (χ3n) is 8.57. The van der Waals surface area contributed by atoms with E-state index in [2.05, 4.69) is 25.6 Å². The second-order valence-corrected chi connectivity index (χ2v) is 9.70. The molecule has 0 spiro atoms. The highest BCUT2D eigenvalue weighted by Gasteiger charge is 2.60. The number of allylic oxidation sites excluding steroid dienone is 1. The van der Waals surface area contributed by atoms with Crippen LogP contribution in [0, 0.1) is 34.5 Å². The number of nitrogens with zero attached hydrogens (tertiary/aromatic N) is 1. The normalized spacial score (nSPS) is 46.7. The van der Waals surface area contributed by atoms with E-state index >= 15 is 0 Å². The summed E-state index contributed by atoms with van der Waals surface area (Å²) in [5, 5.41) is 4.36. The van der Waals surface area contributed by atoms with E-state index in [1.807, 2.05) is 0 Å². The van der Waals surface area contributed by atoms with E-state index in [9.17, 15) is 4.79 Å². The minimum absolute atomic E-state index is 0.0536. The molecule has 0 radical (unpaired) electrons. The molecule has 144 valence electrons. The first kappa shape index (κ1) is 18.2. The van der Waals surface area contributed by atoms with Crippen LogP contribution in [0.1, 0.15) is 65.2 Å². The summed E-state index contributed by atoms with van der Waals surface area (Å²) in [7, 11) is 0. The molecule has 0 heterocycles. The Morgan fingerprint density at radius 3 is 2.77 bits per heavy atom. The molecule has 0 aromatic heterocycles. The maximum Gasteiger partial charge on any atom is 0.139 e. The van der Waals surface area contributed by atoms with Gasteiger partial charge in [-0.05, 0) is 74.0 Å². The molecule has 4 rings (SSSR count). The van der Waals surface area contributed by atoms with Gasteiger partial charge < -0.3 is 10.6 Å². The Morgan fingerprint density at radius 1 is 1.19 bits per heavy atom. The number of carbonyl (C=O) groups excluding carboxylic acids is 1. The summed E-state index contributed by atoms with van der Waals surface area (Å²) in [5.74, 6) is 2.99. The van der Waals surface area contributed by atoms with Crippen LogP contribution in [0.25, 0.3) is 0 Å². The lowest BCUT2D eigenvalue weighted by Gasteiger charge is -2.60. The van der Waals surface area contributed by atoms with Gasteiger partial charge in [0.15, 0.2) is 0 Å². The molecule has 0 aliphatic heterocycles. The molecule has 0 saturated heterocycles. The van der Waals surface area contributed by atoms with E-state index in [-0.39, 0.29) is 5.41 Å². The highest BCUT2D eigenvalue weighted by atomic mass is 16.6. The van der Waals surface area contributed by atoms with Gasteiger partial charge in [0.2, 0.25) is 0 Å². The Balaban J connectivity index is 1.57. The average molecular weight is 359 g/mol. The molecular formula is C22H34N2O2. The van der Waals surface area contributed by atoms with Gasteiger partial charge >= 0.3 is 0 Å². The fraction of sp³-hybridized carbons (Fsp3) is 0.818. The highest BCUT2D eigenvalue weighted by molar-refractivity contribution is 5.87. The molecule has 4 aliphatic rings. The van der Waals surface area contributed by atoms with Crippen molar-refractivity contribution in [2.24, 2.45) is 45.4 Å². The van der Waals surface area contributed by atoms with Crippen molar-refractivity contribution in [2.45, 2.75) is 65.2 Å². The van der Waals surface area contributed by atoms with Crippen molar-refractivity contribution in [3.63, 3.8) is 0 Å². The second-order valence-electron chi connectivity index (χ2n) is 9.70. The van der Waals surface area contributed by atoms with Crippen LogP contribution >= 0.6 is 0 Å². The molecule has 0 amide bonds. The van der Waals surface area contributed by atoms with Crippen molar-refractivity contribution in [1.29, 1.82) is 0 Å². The van der Waals surface area contributed by atoms with E-state index in [0.29, 0.717) is 42.1 Å². The maximum absolute atomic E-state index is 12.6. The number of Topliss-reactive ketones (excluding diaryl/α,β-unsaturated/α-hetero) is 1. The Morgan fingerprint density at radius 2 is 2.00 bits per heavy atom. The van der Waals surface area contributed by atoms with Crippen molar-refractivity contribution in [2.75, 3.05) is 13.2 Å². The molecule has 4 nitrogen and oxygen atoms in total. The molecule has 4 unspecified atom stereocenters. The molecule has 0 bridgehead atoms. The van der Waals surface area contributed by atoms with Crippen molar-refractivity contribution < 1.29 is 9.63 Å². The van der Waals surface area contributed by atoms with Gasteiger partial charge in [0.1, 0.15) is 12.4 Å². The number of ketones is 1. The van der Waals surface area contributed by atoms with Crippen molar-refractivity contribution in [1.82, 2.24) is 0 Å². The average Bonchev–Trinajstić information content (AvgIpc) is 2.92. The Bertz CT molecular complexity index is 642. The van der Waals surface area contributed by atoms with E-state index < -0.39 is 0 Å². The molecule has 4 saturated carbocycles. The Kier molecular flexibility index (Phi) is 4.53. The molecule has 4 aliphatic carbocycles. The predicted octanol–water partition coefficient (Wildman–Crippen LogP) is 4.10. The summed E-state index contributed by atoms with van der Waals surface area (Å²) in [6.45, 7) is 10.3. The summed E-state index contributed by atoms with van der Waals surface area (Å²) in [4.78, 5) is 17.9. The van der Waals surface area contributed by atoms with Gasteiger partial charge in [-0.15, -0.1) is 0 Å². The van der Waals surface area contributed by atoms with Gasteiger partial charge in [-0.2, -0.15) is 0 Å². The van der Waals surface area contributed by atoms with E-state index in [1.165, 1.54) is 24.1 Å². The Labute approximate surface area is 157 Å². The second kappa shape index (κ2) is 6.47. The van der Waals surface area contributed by atoms with Crippen LogP contribution in [0.5, 0.6) is 0 Å². The number of fused-ring (bicyclic) bond motifs is 5. The van der Waals surface area contributed by atoms with E-state index in [1.54, 1.807) is 0 Å². The van der Waals surface area contributed by atoms with Crippen LogP contribution in [-0.2, 0) is 9.63 Å². The van der Waals surface area contributed by atoms with Crippen LogP contribution in [0.4, 0.5) is 0 Å². The summed E-state index contributed by atoms with van der Waals surface area (Å²) in [6.07, 6.45) is 8.48. The number of rotatable bonds is 3. The topological polar surface area (TPSA) is 64.7 Å². The van der Waals surface area contributed by atoms with Crippen molar-refractivity contribution in [3.8, 4) is 0 Å². The molecule has 4 fully saturated rings. The third-order valence-corrected chi connectivity index (χ3v) is 8.57. The number of hydrogen-bond donors (Lipinski definition) is 1. The molecule has 0 aromatic carbocycles. The van der Waals surface area contributed by atoms with Crippen LogP contribution in [0.15, 0.2) is 17.3 Å². The summed E-state index contributed by atoms with van der Waals surface area (Å²) >= 11 is 0.